The van der Waals surface area contributed by atoms with Gasteiger partial charge in [0, 0.05) is 34.6 Å². The van der Waals surface area contributed by atoms with Gasteiger partial charge < -0.3 is 4.57 Å². The van der Waals surface area contributed by atoms with Crippen LogP contribution in [0.4, 0.5) is 0 Å². The highest BCUT2D eigenvalue weighted by Crippen LogP contribution is 2.50. The van der Waals surface area contributed by atoms with E-state index >= 15 is 0 Å². The smallest absolute Gasteiger partial charge is 0.0489 e. The molecule has 110 valence electrons. The predicted octanol–water partition coefficient (Wildman–Crippen LogP) is 5.44. The fourth-order valence-electron chi connectivity index (χ4n) is 4.04. The van der Waals surface area contributed by atoms with Crippen LogP contribution in [-0.2, 0) is 12.5 Å². The highest BCUT2D eigenvalue weighted by molar-refractivity contribution is 5.97. The SMILES string of the molecule is C=Cc1c(C)n(C)c2cc3c(cc12)-c1ccccc1C3(C)C. The van der Waals surface area contributed by atoms with Gasteiger partial charge in [0.15, 0.2) is 0 Å². The molecule has 0 fully saturated rings. The topological polar surface area (TPSA) is 4.93 Å². The molecule has 1 heterocycles. The molecule has 0 N–H and O–H groups in total. The number of benzene rings is 2. The molecule has 1 aromatic heterocycles. The van der Waals surface area contributed by atoms with Crippen molar-refractivity contribution in [2.75, 3.05) is 0 Å². The monoisotopic (exact) mass is 287 g/mol. The van der Waals surface area contributed by atoms with Gasteiger partial charge in [0.05, 0.1) is 0 Å². The van der Waals surface area contributed by atoms with Gasteiger partial charge in [-0.1, -0.05) is 50.8 Å². The van der Waals surface area contributed by atoms with E-state index in [1.807, 2.05) is 6.08 Å². The van der Waals surface area contributed by atoms with Crippen LogP contribution in [-0.4, -0.2) is 4.57 Å². The summed E-state index contributed by atoms with van der Waals surface area (Å²) in [6, 6.07) is 13.5. The molecule has 1 aliphatic carbocycles. The molecule has 0 saturated carbocycles. The number of aryl methyl sites for hydroxylation is 1. The molecule has 0 amide bonds. The van der Waals surface area contributed by atoms with Gasteiger partial charge in [0.2, 0.25) is 0 Å². The Morgan fingerprint density at radius 1 is 1.05 bits per heavy atom. The van der Waals surface area contributed by atoms with E-state index in [4.69, 9.17) is 0 Å². The van der Waals surface area contributed by atoms with Crippen LogP contribution < -0.4 is 0 Å². The van der Waals surface area contributed by atoms with Gasteiger partial charge in [0.1, 0.15) is 0 Å². The van der Waals surface area contributed by atoms with E-state index in [9.17, 15) is 0 Å². The summed E-state index contributed by atoms with van der Waals surface area (Å²) >= 11 is 0. The lowest BCUT2D eigenvalue weighted by molar-refractivity contribution is 0.660. The predicted molar refractivity (Wildman–Crippen MR) is 95.3 cm³/mol. The van der Waals surface area contributed by atoms with E-state index in [0.29, 0.717) is 0 Å². The Morgan fingerprint density at radius 3 is 2.50 bits per heavy atom. The Morgan fingerprint density at radius 2 is 1.77 bits per heavy atom. The molecule has 1 heteroatoms. The zero-order valence-electron chi connectivity index (χ0n) is 13.7. The van der Waals surface area contributed by atoms with E-state index in [1.54, 1.807) is 0 Å². The van der Waals surface area contributed by atoms with Gasteiger partial charge in [-0.3, -0.25) is 0 Å². The third kappa shape index (κ3) is 1.44. The molecule has 0 aliphatic heterocycles. The first-order chi connectivity index (χ1) is 10.5. The number of fused-ring (bicyclic) bond motifs is 4. The number of hydrogen-bond acceptors (Lipinski definition) is 0. The number of hydrogen-bond donors (Lipinski definition) is 0. The Kier molecular flexibility index (Phi) is 2.51. The summed E-state index contributed by atoms with van der Waals surface area (Å²) in [6.07, 6.45) is 1.98. The van der Waals surface area contributed by atoms with Crippen molar-refractivity contribution in [3.8, 4) is 11.1 Å². The molecule has 0 saturated heterocycles. The van der Waals surface area contributed by atoms with Gasteiger partial charge >= 0.3 is 0 Å². The van der Waals surface area contributed by atoms with Crippen molar-refractivity contribution in [3.63, 3.8) is 0 Å². The minimum Gasteiger partial charge on any atom is -0.347 e. The fourth-order valence-corrected chi connectivity index (χ4v) is 4.04. The van der Waals surface area contributed by atoms with E-state index in [2.05, 4.69) is 75.4 Å². The third-order valence-electron chi connectivity index (χ3n) is 5.45. The van der Waals surface area contributed by atoms with Gasteiger partial charge in [-0.25, -0.2) is 0 Å². The quantitative estimate of drug-likeness (QED) is 0.562. The van der Waals surface area contributed by atoms with Crippen LogP contribution in [0.3, 0.4) is 0 Å². The van der Waals surface area contributed by atoms with Crippen LogP contribution in [0.1, 0.15) is 36.2 Å². The molecule has 1 aliphatic rings. The fraction of sp³-hybridized carbons (Fsp3) is 0.238. The maximum atomic E-state index is 4.01. The standard InChI is InChI=1S/C21H21N/c1-6-14-13(2)22(5)20-12-19-16(11-17(14)20)15-9-7-8-10-18(15)21(19,3)4/h6-12H,1H2,2-5H3. The summed E-state index contributed by atoms with van der Waals surface area (Å²) in [5.74, 6) is 0. The minimum absolute atomic E-state index is 0.0621. The minimum atomic E-state index is 0.0621. The maximum Gasteiger partial charge on any atom is 0.0489 e. The summed E-state index contributed by atoms with van der Waals surface area (Å²) in [4.78, 5) is 0. The molecule has 2 aromatic carbocycles. The average Bonchev–Trinajstić information content (AvgIpc) is 2.89. The van der Waals surface area contributed by atoms with Crippen LogP contribution in [0, 0.1) is 6.92 Å². The van der Waals surface area contributed by atoms with Gasteiger partial charge in [0.25, 0.3) is 0 Å². The number of rotatable bonds is 1. The van der Waals surface area contributed by atoms with E-state index < -0.39 is 0 Å². The van der Waals surface area contributed by atoms with Crippen molar-refractivity contribution in [3.05, 3.63) is 65.4 Å². The molecular weight excluding hydrogens is 266 g/mol. The third-order valence-corrected chi connectivity index (χ3v) is 5.45. The Hall–Kier alpha value is -2.28. The van der Waals surface area contributed by atoms with Crippen molar-refractivity contribution in [1.29, 1.82) is 0 Å². The molecule has 4 rings (SSSR count). The number of aromatic nitrogens is 1. The second kappa shape index (κ2) is 4.13. The highest BCUT2D eigenvalue weighted by atomic mass is 14.9. The maximum absolute atomic E-state index is 4.01. The van der Waals surface area contributed by atoms with Gasteiger partial charge in [-0.05, 0) is 41.3 Å². The molecule has 3 aromatic rings. The normalized spacial score (nSPS) is 14.9. The molecule has 0 bridgehead atoms. The van der Waals surface area contributed by atoms with Crippen molar-refractivity contribution in [2.45, 2.75) is 26.2 Å². The van der Waals surface area contributed by atoms with Gasteiger partial charge in [-0.2, -0.15) is 0 Å². The molecule has 0 unspecified atom stereocenters. The average molecular weight is 287 g/mol. The summed E-state index contributed by atoms with van der Waals surface area (Å²) in [7, 11) is 2.14. The molecule has 22 heavy (non-hydrogen) atoms. The van der Waals surface area contributed by atoms with Crippen LogP contribution >= 0.6 is 0 Å². The van der Waals surface area contributed by atoms with E-state index in [0.717, 1.165) is 0 Å². The Labute approximate surface area is 131 Å². The Bertz CT molecular complexity index is 938. The van der Waals surface area contributed by atoms with Crippen molar-refractivity contribution < 1.29 is 0 Å². The zero-order chi connectivity index (χ0) is 15.6. The van der Waals surface area contributed by atoms with E-state index in [1.165, 1.54) is 44.4 Å². The largest absolute Gasteiger partial charge is 0.347 e. The summed E-state index contributed by atoms with van der Waals surface area (Å²) in [5, 5.41) is 1.31. The lowest BCUT2D eigenvalue weighted by atomic mass is 9.82. The van der Waals surface area contributed by atoms with Crippen molar-refractivity contribution in [1.82, 2.24) is 4.57 Å². The second-order valence-corrected chi connectivity index (χ2v) is 6.85. The molecule has 0 atom stereocenters. The first kappa shape index (κ1) is 13.4. The Balaban J connectivity index is 2.17. The first-order valence-corrected chi connectivity index (χ1v) is 7.82. The zero-order valence-corrected chi connectivity index (χ0v) is 13.7. The first-order valence-electron chi connectivity index (χ1n) is 7.82. The van der Waals surface area contributed by atoms with Crippen molar-refractivity contribution >= 4 is 17.0 Å². The van der Waals surface area contributed by atoms with Crippen LogP contribution in [0.15, 0.2) is 43.0 Å². The van der Waals surface area contributed by atoms with Crippen LogP contribution in [0.2, 0.25) is 0 Å². The summed E-state index contributed by atoms with van der Waals surface area (Å²) in [5.41, 5.74) is 9.50. The molecule has 1 nitrogen and oxygen atoms in total. The number of nitrogens with zero attached hydrogens (tertiary/aromatic N) is 1. The molecule has 0 radical (unpaired) electrons. The lowest BCUT2D eigenvalue weighted by Crippen LogP contribution is -2.14. The highest BCUT2D eigenvalue weighted by Gasteiger charge is 2.35. The molecular formula is C21H21N. The second-order valence-electron chi connectivity index (χ2n) is 6.85. The summed E-state index contributed by atoms with van der Waals surface area (Å²) < 4.78 is 2.28. The van der Waals surface area contributed by atoms with E-state index in [-0.39, 0.29) is 5.41 Å². The lowest BCUT2D eigenvalue weighted by Gasteiger charge is -2.21. The van der Waals surface area contributed by atoms with Crippen LogP contribution in [0.5, 0.6) is 0 Å². The van der Waals surface area contributed by atoms with Gasteiger partial charge in [-0.15, -0.1) is 0 Å². The van der Waals surface area contributed by atoms with Crippen LogP contribution in [0.25, 0.3) is 28.1 Å². The summed E-state index contributed by atoms with van der Waals surface area (Å²) in [6.45, 7) is 10.8. The van der Waals surface area contributed by atoms with Crippen molar-refractivity contribution in [2.24, 2.45) is 7.05 Å². The molecule has 0 spiro atoms.